The summed E-state index contributed by atoms with van der Waals surface area (Å²) in [5.41, 5.74) is 1.87. The van der Waals surface area contributed by atoms with E-state index in [9.17, 15) is 9.90 Å². The van der Waals surface area contributed by atoms with Gasteiger partial charge >= 0.3 is 0 Å². The van der Waals surface area contributed by atoms with Crippen molar-refractivity contribution in [2.75, 3.05) is 6.54 Å². The number of nitrogens with zero attached hydrogens (tertiary/aromatic N) is 2. The van der Waals surface area contributed by atoms with E-state index in [-0.39, 0.29) is 17.9 Å². The molecule has 22 heavy (non-hydrogen) atoms. The highest BCUT2D eigenvalue weighted by atomic mass is 16.3. The number of amides is 1. The van der Waals surface area contributed by atoms with Gasteiger partial charge in [-0.15, -0.1) is 0 Å². The fourth-order valence-electron chi connectivity index (χ4n) is 2.00. The van der Waals surface area contributed by atoms with Gasteiger partial charge in [0.25, 0.3) is 5.91 Å². The van der Waals surface area contributed by atoms with Crippen LogP contribution in [-0.2, 0) is 0 Å². The van der Waals surface area contributed by atoms with Gasteiger partial charge in [-0.1, -0.05) is 39.0 Å². The third-order valence-corrected chi connectivity index (χ3v) is 3.58. The molecule has 0 radical (unpaired) electrons. The van der Waals surface area contributed by atoms with E-state index < -0.39 is 6.10 Å². The zero-order valence-electron chi connectivity index (χ0n) is 13.5. The molecule has 5 heteroatoms. The second-order valence-corrected chi connectivity index (χ2v) is 6.51. The highest BCUT2D eigenvalue weighted by Gasteiger charge is 2.23. The van der Waals surface area contributed by atoms with Crippen LogP contribution in [0.25, 0.3) is 5.69 Å². The molecular weight excluding hydrogens is 278 g/mol. The van der Waals surface area contributed by atoms with Gasteiger partial charge in [-0.05, 0) is 30.5 Å². The third kappa shape index (κ3) is 3.74. The molecule has 0 fully saturated rings. The summed E-state index contributed by atoms with van der Waals surface area (Å²) in [4.78, 5) is 12.2. The topological polar surface area (TPSA) is 67.2 Å². The molecule has 2 N–H and O–H groups in total. The number of rotatable bonds is 4. The number of carbonyl (C=O) groups excluding carboxylic acids is 1. The number of aryl methyl sites for hydroxylation is 1. The summed E-state index contributed by atoms with van der Waals surface area (Å²) >= 11 is 0. The summed E-state index contributed by atoms with van der Waals surface area (Å²) in [5, 5.41) is 17.1. The standard InChI is InChI=1S/C17H23N3O2/c1-12-10-14(16(22)18-11-15(21)17(2,3)4)19-20(12)13-8-6-5-7-9-13/h5-10,15,21H,11H2,1-4H3,(H,18,22). The molecule has 0 spiro atoms. The Bertz CT molecular complexity index is 642. The van der Waals surface area contributed by atoms with Crippen LogP contribution in [0.2, 0.25) is 0 Å². The summed E-state index contributed by atoms with van der Waals surface area (Å²) in [6.45, 7) is 7.90. The quantitative estimate of drug-likeness (QED) is 0.910. The second kappa shape index (κ2) is 6.32. The lowest BCUT2D eigenvalue weighted by Crippen LogP contribution is -2.39. The molecule has 0 aliphatic rings. The van der Waals surface area contributed by atoms with Gasteiger partial charge in [-0.2, -0.15) is 5.10 Å². The van der Waals surface area contributed by atoms with Gasteiger partial charge < -0.3 is 10.4 Å². The van der Waals surface area contributed by atoms with E-state index >= 15 is 0 Å². The lowest BCUT2D eigenvalue weighted by molar-refractivity contribution is 0.0585. The minimum Gasteiger partial charge on any atom is -0.391 e. The lowest BCUT2D eigenvalue weighted by Gasteiger charge is -2.25. The number of para-hydroxylation sites is 1. The predicted octanol–water partition coefficient (Wildman–Crippen LogP) is 2.32. The molecule has 1 aromatic carbocycles. The molecule has 2 rings (SSSR count). The first kappa shape index (κ1) is 16.2. The van der Waals surface area contributed by atoms with Crippen molar-refractivity contribution in [2.45, 2.75) is 33.8 Å². The number of aliphatic hydroxyl groups excluding tert-OH is 1. The van der Waals surface area contributed by atoms with Crippen molar-refractivity contribution in [3.8, 4) is 5.69 Å². The van der Waals surface area contributed by atoms with Crippen LogP contribution in [0.15, 0.2) is 36.4 Å². The first-order valence-electron chi connectivity index (χ1n) is 7.37. The van der Waals surface area contributed by atoms with E-state index in [1.807, 2.05) is 58.0 Å². The summed E-state index contributed by atoms with van der Waals surface area (Å²) < 4.78 is 1.73. The number of carbonyl (C=O) groups is 1. The fraction of sp³-hybridized carbons (Fsp3) is 0.412. The van der Waals surface area contributed by atoms with Crippen LogP contribution in [0.3, 0.4) is 0 Å². The molecule has 0 bridgehead atoms. The zero-order chi connectivity index (χ0) is 16.3. The predicted molar refractivity (Wildman–Crippen MR) is 86.1 cm³/mol. The van der Waals surface area contributed by atoms with Crippen LogP contribution < -0.4 is 5.32 Å². The Hall–Kier alpha value is -2.14. The SMILES string of the molecule is Cc1cc(C(=O)NCC(O)C(C)(C)C)nn1-c1ccccc1. The Morgan fingerprint density at radius 1 is 1.32 bits per heavy atom. The van der Waals surface area contributed by atoms with E-state index in [1.165, 1.54) is 0 Å². The van der Waals surface area contributed by atoms with Gasteiger partial charge in [0.2, 0.25) is 0 Å². The molecule has 1 unspecified atom stereocenters. The number of nitrogens with one attached hydrogen (secondary N) is 1. The summed E-state index contributed by atoms with van der Waals surface area (Å²) in [7, 11) is 0. The largest absolute Gasteiger partial charge is 0.391 e. The van der Waals surface area contributed by atoms with E-state index in [0.29, 0.717) is 5.69 Å². The third-order valence-electron chi connectivity index (χ3n) is 3.58. The van der Waals surface area contributed by atoms with Crippen LogP contribution in [0.1, 0.15) is 37.0 Å². The molecule has 1 amide bonds. The maximum absolute atomic E-state index is 12.2. The lowest BCUT2D eigenvalue weighted by atomic mass is 9.89. The molecule has 1 heterocycles. The van der Waals surface area contributed by atoms with E-state index in [1.54, 1.807) is 10.7 Å². The Morgan fingerprint density at radius 2 is 1.95 bits per heavy atom. The van der Waals surface area contributed by atoms with Crippen LogP contribution in [0, 0.1) is 12.3 Å². The molecule has 0 aliphatic heterocycles. The highest BCUT2D eigenvalue weighted by Crippen LogP contribution is 2.18. The Balaban J connectivity index is 2.09. The Morgan fingerprint density at radius 3 is 2.55 bits per heavy atom. The minimum atomic E-state index is -0.603. The van der Waals surface area contributed by atoms with Crippen molar-refractivity contribution < 1.29 is 9.90 Å². The van der Waals surface area contributed by atoms with Gasteiger partial charge in [-0.3, -0.25) is 4.79 Å². The number of benzene rings is 1. The summed E-state index contributed by atoms with van der Waals surface area (Å²) in [6.07, 6.45) is -0.603. The molecule has 1 aromatic heterocycles. The average molecular weight is 301 g/mol. The van der Waals surface area contributed by atoms with Gasteiger partial charge in [0.05, 0.1) is 11.8 Å². The molecule has 0 aliphatic carbocycles. The molecule has 2 aromatic rings. The van der Waals surface area contributed by atoms with E-state index in [2.05, 4.69) is 10.4 Å². The normalized spacial score (nSPS) is 13.0. The van der Waals surface area contributed by atoms with Crippen molar-refractivity contribution in [2.24, 2.45) is 5.41 Å². The van der Waals surface area contributed by atoms with Crippen molar-refractivity contribution >= 4 is 5.91 Å². The zero-order valence-corrected chi connectivity index (χ0v) is 13.5. The average Bonchev–Trinajstić information content (AvgIpc) is 2.86. The maximum atomic E-state index is 12.2. The van der Waals surface area contributed by atoms with Crippen LogP contribution in [0.5, 0.6) is 0 Å². The summed E-state index contributed by atoms with van der Waals surface area (Å²) in [6, 6.07) is 11.4. The molecule has 0 saturated heterocycles. The van der Waals surface area contributed by atoms with Gasteiger partial charge in [0, 0.05) is 12.2 Å². The van der Waals surface area contributed by atoms with E-state index in [4.69, 9.17) is 0 Å². The minimum absolute atomic E-state index is 0.208. The van der Waals surface area contributed by atoms with Gasteiger partial charge in [-0.25, -0.2) is 4.68 Å². The highest BCUT2D eigenvalue weighted by molar-refractivity contribution is 5.92. The van der Waals surface area contributed by atoms with Crippen molar-refractivity contribution in [1.82, 2.24) is 15.1 Å². The number of hydrogen-bond acceptors (Lipinski definition) is 3. The van der Waals surface area contributed by atoms with Crippen molar-refractivity contribution in [3.63, 3.8) is 0 Å². The number of aliphatic hydroxyl groups is 1. The maximum Gasteiger partial charge on any atom is 0.271 e. The smallest absolute Gasteiger partial charge is 0.271 e. The molecule has 5 nitrogen and oxygen atoms in total. The molecule has 0 saturated carbocycles. The van der Waals surface area contributed by atoms with Crippen molar-refractivity contribution in [1.29, 1.82) is 0 Å². The molecule has 118 valence electrons. The van der Waals surface area contributed by atoms with Gasteiger partial charge in [0.15, 0.2) is 5.69 Å². The Kier molecular flexibility index (Phi) is 4.66. The van der Waals surface area contributed by atoms with E-state index in [0.717, 1.165) is 11.4 Å². The van der Waals surface area contributed by atoms with Crippen molar-refractivity contribution in [3.05, 3.63) is 47.8 Å². The number of aromatic nitrogens is 2. The fourth-order valence-corrected chi connectivity index (χ4v) is 2.00. The first-order chi connectivity index (χ1) is 10.3. The monoisotopic (exact) mass is 301 g/mol. The number of hydrogen-bond donors (Lipinski definition) is 2. The van der Waals surface area contributed by atoms with Crippen LogP contribution in [0.4, 0.5) is 0 Å². The first-order valence-corrected chi connectivity index (χ1v) is 7.37. The van der Waals surface area contributed by atoms with Gasteiger partial charge in [0.1, 0.15) is 0 Å². The summed E-state index contributed by atoms with van der Waals surface area (Å²) in [5.74, 6) is -0.277. The molecular formula is C17H23N3O2. The van der Waals surface area contributed by atoms with Crippen LogP contribution >= 0.6 is 0 Å². The Labute approximate surface area is 131 Å². The molecule has 1 atom stereocenters. The second-order valence-electron chi connectivity index (χ2n) is 6.51. The van der Waals surface area contributed by atoms with Crippen LogP contribution in [-0.4, -0.2) is 33.4 Å².